The van der Waals surface area contributed by atoms with Crippen molar-refractivity contribution < 1.29 is 23.8 Å². The highest BCUT2D eigenvalue weighted by molar-refractivity contribution is 7.51. The molecule has 21 heavy (non-hydrogen) atoms. The SMILES string of the molecule is C=Cc1cn([C@H]2C=C[C@@H](OCP(=O)(O)O)O2)c(=O)[nH]c1=O. The average Bonchev–Trinajstić information content (AvgIpc) is 2.84. The van der Waals surface area contributed by atoms with E-state index in [1.807, 2.05) is 0 Å². The minimum Gasteiger partial charge on any atom is -0.336 e. The summed E-state index contributed by atoms with van der Waals surface area (Å²) < 4.78 is 22.0. The Morgan fingerprint density at radius 3 is 2.81 bits per heavy atom. The fraction of sp³-hybridized carbons (Fsp3) is 0.273. The van der Waals surface area contributed by atoms with Crippen molar-refractivity contribution in [2.45, 2.75) is 12.5 Å². The molecule has 0 bridgehead atoms. The van der Waals surface area contributed by atoms with Crippen LogP contribution in [0, 0.1) is 0 Å². The Labute approximate surface area is 118 Å². The van der Waals surface area contributed by atoms with Crippen molar-refractivity contribution in [1.82, 2.24) is 9.55 Å². The van der Waals surface area contributed by atoms with Gasteiger partial charge in [0, 0.05) is 6.20 Å². The number of nitrogens with zero attached hydrogens (tertiary/aromatic N) is 1. The molecular formula is C11H13N2O7P. The van der Waals surface area contributed by atoms with Crippen LogP contribution in [0.25, 0.3) is 6.08 Å². The molecule has 2 rings (SSSR count). The maximum atomic E-state index is 11.7. The van der Waals surface area contributed by atoms with Crippen molar-refractivity contribution >= 4 is 13.7 Å². The lowest BCUT2D eigenvalue weighted by Gasteiger charge is -2.16. The molecule has 10 heteroatoms. The van der Waals surface area contributed by atoms with Crippen molar-refractivity contribution in [3.63, 3.8) is 0 Å². The molecule has 0 unspecified atom stereocenters. The molecule has 0 aromatic carbocycles. The molecule has 1 aliphatic heterocycles. The van der Waals surface area contributed by atoms with Crippen LogP contribution in [0.1, 0.15) is 11.8 Å². The van der Waals surface area contributed by atoms with Crippen LogP contribution in [0.2, 0.25) is 0 Å². The Morgan fingerprint density at radius 1 is 1.48 bits per heavy atom. The molecule has 2 heterocycles. The summed E-state index contributed by atoms with van der Waals surface area (Å²) in [6.45, 7) is 3.46. The van der Waals surface area contributed by atoms with Gasteiger partial charge in [-0.1, -0.05) is 12.7 Å². The van der Waals surface area contributed by atoms with Crippen LogP contribution in [0.4, 0.5) is 0 Å². The second-order valence-corrected chi connectivity index (χ2v) is 5.78. The van der Waals surface area contributed by atoms with Crippen LogP contribution in [-0.2, 0) is 14.0 Å². The molecule has 2 atom stereocenters. The van der Waals surface area contributed by atoms with Crippen LogP contribution in [0.15, 0.2) is 34.5 Å². The smallest absolute Gasteiger partial charge is 0.336 e. The van der Waals surface area contributed by atoms with E-state index in [-0.39, 0.29) is 5.56 Å². The first-order chi connectivity index (χ1) is 9.80. The molecule has 0 radical (unpaired) electrons. The summed E-state index contributed by atoms with van der Waals surface area (Å²) in [5.74, 6) is 0. The molecule has 1 aromatic heterocycles. The van der Waals surface area contributed by atoms with Gasteiger partial charge >= 0.3 is 13.3 Å². The fourth-order valence-electron chi connectivity index (χ4n) is 1.67. The van der Waals surface area contributed by atoms with Crippen molar-refractivity contribution in [3.8, 4) is 0 Å². The number of H-pyrrole nitrogens is 1. The van der Waals surface area contributed by atoms with Crippen LogP contribution >= 0.6 is 7.60 Å². The van der Waals surface area contributed by atoms with Crippen LogP contribution in [-0.4, -0.2) is 32.0 Å². The van der Waals surface area contributed by atoms with E-state index < -0.39 is 37.7 Å². The Morgan fingerprint density at radius 2 is 2.19 bits per heavy atom. The van der Waals surface area contributed by atoms with Crippen molar-refractivity contribution in [2.75, 3.05) is 6.35 Å². The van der Waals surface area contributed by atoms with Gasteiger partial charge < -0.3 is 19.3 Å². The van der Waals surface area contributed by atoms with E-state index in [0.717, 1.165) is 4.57 Å². The standard InChI is InChI=1S/C11H13N2O7P/c1-2-7-5-13(11(15)12-10(7)14)8-3-4-9(20-8)19-6-21(16,17)18/h2-5,8-9H,1,6H2,(H,12,14,15)(H2,16,17,18)/t8-,9+/m1/s1. The molecule has 0 spiro atoms. The summed E-state index contributed by atoms with van der Waals surface area (Å²) in [6, 6.07) is 0. The Kier molecular flexibility index (Phi) is 4.40. The minimum atomic E-state index is -4.30. The highest BCUT2D eigenvalue weighted by Gasteiger charge is 2.25. The number of hydrogen-bond donors (Lipinski definition) is 3. The highest BCUT2D eigenvalue weighted by Crippen LogP contribution is 2.35. The number of nitrogens with one attached hydrogen (secondary N) is 1. The summed E-state index contributed by atoms with van der Waals surface area (Å²) >= 11 is 0. The molecule has 9 nitrogen and oxygen atoms in total. The van der Waals surface area contributed by atoms with Gasteiger partial charge in [0.25, 0.3) is 5.56 Å². The zero-order valence-electron chi connectivity index (χ0n) is 10.7. The van der Waals surface area contributed by atoms with Gasteiger partial charge in [0.1, 0.15) is 0 Å². The van der Waals surface area contributed by atoms with Gasteiger partial charge in [-0.05, 0) is 12.2 Å². The van der Waals surface area contributed by atoms with E-state index in [1.54, 1.807) is 0 Å². The highest BCUT2D eigenvalue weighted by atomic mass is 31.2. The molecule has 3 N–H and O–H groups in total. The van der Waals surface area contributed by atoms with Crippen molar-refractivity contribution in [2.24, 2.45) is 0 Å². The predicted molar refractivity (Wildman–Crippen MR) is 72.5 cm³/mol. The zero-order valence-corrected chi connectivity index (χ0v) is 11.6. The quantitative estimate of drug-likeness (QED) is 0.504. The summed E-state index contributed by atoms with van der Waals surface area (Å²) in [4.78, 5) is 42.6. The van der Waals surface area contributed by atoms with E-state index in [2.05, 4.69) is 11.6 Å². The first kappa shape index (κ1) is 15.6. The number of ether oxygens (including phenoxy) is 2. The largest absolute Gasteiger partial charge is 0.351 e. The third kappa shape index (κ3) is 3.87. The molecular weight excluding hydrogens is 303 g/mol. The maximum Gasteiger partial charge on any atom is 0.351 e. The molecule has 114 valence electrons. The Bertz CT molecular complexity index is 729. The summed E-state index contributed by atoms with van der Waals surface area (Å²) in [6.07, 6.45) is 2.79. The van der Waals surface area contributed by atoms with Gasteiger partial charge in [-0.2, -0.15) is 0 Å². The van der Waals surface area contributed by atoms with Gasteiger partial charge in [-0.25, -0.2) is 4.79 Å². The van der Waals surface area contributed by atoms with E-state index >= 15 is 0 Å². The van der Waals surface area contributed by atoms with Crippen LogP contribution in [0.3, 0.4) is 0 Å². The number of aromatic nitrogens is 2. The van der Waals surface area contributed by atoms with Gasteiger partial charge in [-0.3, -0.25) is 18.9 Å². The topological polar surface area (TPSA) is 131 Å². The van der Waals surface area contributed by atoms with E-state index in [0.29, 0.717) is 0 Å². The molecule has 1 aromatic rings. The third-order valence-corrected chi connectivity index (χ3v) is 3.09. The Balaban J connectivity index is 2.14. The summed E-state index contributed by atoms with van der Waals surface area (Å²) in [7, 11) is -4.30. The molecule has 0 fully saturated rings. The predicted octanol–water partition coefficient (Wildman–Crippen LogP) is -0.257. The van der Waals surface area contributed by atoms with E-state index in [9.17, 15) is 14.2 Å². The van der Waals surface area contributed by atoms with Gasteiger partial charge in [-0.15, -0.1) is 0 Å². The second-order valence-electron chi connectivity index (χ2n) is 4.20. The average molecular weight is 316 g/mol. The lowest BCUT2D eigenvalue weighted by Crippen LogP contribution is -2.33. The second kappa shape index (κ2) is 5.92. The Hall–Kier alpha value is -1.77. The minimum absolute atomic E-state index is 0.186. The normalized spacial score (nSPS) is 21.6. The van der Waals surface area contributed by atoms with E-state index in [4.69, 9.17) is 19.3 Å². The molecule has 0 saturated carbocycles. The van der Waals surface area contributed by atoms with Gasteiger partial charge in [0.2, 0.25) is 0 Å². The first-order valence-corrected chi connectivity index (χ1v) is 7.58. The third-order valence-electron chi connectivity index (χ3n) is 2.60. The molecule has 0 aliphatic carbocycles. The lowest BCUT2D eigenvalue weighted by atomic mass is 10.3. The monoisotopic (exact) mass is 316 g/mol. The van der Waals surface area contributed by atoms with Crippen LogP contribution in [0.5, 0.6) is 0 Å². The molecule has 0 saturated heterocycles. The number of hydrogen-bond acceptors (Lipinski definition) is 5. The molecule has 0 amide bonds. The van der Waals surface area contributed by atoms with Crippen molar-refractivity contribution in [3.05, 3.63) is 51.3 Å². The lowest BCUT2D eigenvalue weighted by molar-refractivity contribution is -0.127. The van der Waals surface area contributed by atoms with Crippen LogP contribution < -0.4 is 11.2 Å². The van der Waals surface area contributed by atoms with Gasteiger partial charge in [0.05, 0.1) is 5.56 Å². The number of aromatic amines is 1. The maximum absolute atomic E-state index is 11.7. The fourth-order valence-corrected chi connectivity index (χ4v) is 2.01. The molecule has 1 aliphatic rings. The van der Waals surface area contributed by atoms with Gasteiger partial charge in [0.15, 0.2) is 18.9 Å². The van der Waals surface area contributed by atoms with Crippen molar-refractivity contribution in [1.29, 1.82) is 0 Å². The zero-order chi connectivity index (χ0) is 15.6. The number of rotatable bonds is 5. The first-order valence-electron chi connectivity index (χ1n) is 5.78. The summed E-state index contributed by atoms with van der Waals surface area (Å²) in [5.41, 5.74) is -1.07. The summed E-state index contributed by atoms with van der Waals surface area (Å²) in [5, 5.41) is 0. The van der Waals surface area contributed by atoms with E-state index in [1.165, 1.54) is 24.4 Å².